The van der Waals surface area contributed by atoms with Gasteiger partial charge >= 0.3 is 0 Å². The average molecular weight is 343 g/mol. The number of anilines is 1. The maximum Gasteiger partial charge on any atom is 0.254 e. The molecule has 1 amide bonds. The molecule has 0 bridgehead atoms. The Bertz CT molecular complexity index is 719. The number of carbonyl (C=O) groups excluding carboxylic acids is 1. The standard InChI is InChI=1S/C18H25N5O2/c1-6-7-11-25-13(2)16(24)21-15-12-14(18(3,4)5)22-23(15)17-19-9-8-10-20-17/h6,8-10,12-13H,1,7,11H2,2-5H3,(H,21,24). The maximum atomic E-state index is 12.4. The van der Waals surface area contributed by atoms with Gasteiger partial charge in [0, 0.05) is 23.9 Å². The highest BCUT2D eigenvalue weighted by Crippen LogP contribution is 2.25. The molecule has 0 spiro atoms. The van der Waals surface area contributed by atoms with Crippen molar-refractivity contribution in [1.82, 2.24) is 19.7 Å². The Hall–Kier alpha value is -2.54. The number of nitrogens with zero attached hydrogens (tertiary/aromatic N) is 4. The van der Waals surface area contributed by atoms with Gasteiger partial charge in [0.05, 0.1) is 12.3 Å². The van der Waals surface area contributed by atoms with Crippen molar-refractivity contribution in [2.24, 2.45) is 0 Å². The summed E-state index contributed by atoms with van der Waals surface area (Å²) in [6.07, 6.45) is 5.13. The molecule has 2 heterocycles. The van der Waals surface area contributed by atoms with Gasteiger partial charge < -0.3 is 10.1 Å². The summed E-state index contributed by atoms with van der Waals surface area (Å²) in [6, 6.07) is 3.57. The number of hydrogen-bond donors (Lipinski definition) is 1. The molecule has 1 unspecified atom stereocenters. The zero-order valence-corrected chi connectivity index (χ0v) is 15.2. The van der Waals surface area contributed by atoms with Crippen LogP contribution in [-0.2, 0) is 14.9 Å². The Kier molecular flexibility index (Phi) is 6.03. The Morgan fingerprint density at radius 2 is 2.08 bits per heavy atom. The van der Waals surface area contributed by atoms with Gasteiger partial charge in [-0.3, -0.25) is 4.79 Å². The predicted octanol–water partition coefficient (Wildman–Crippen LogP) is 2.88. The van der Waals surface area contributed by atoms with E-state index in [1.165, 1.54) is 4.68 Å². The highest BCUT2D eigenvalue weighted by Gasteiger charge is 2.23. The number of carbonyl (C=O) groups is 1. The van der Waals surface area contributed by atoms with Crippen LogP contribution in [0.2, 0.25) is 0 Å². The summed E-state index contributed by atoms with van der Waals surface area (Å²) in [6.45, 7) is 12.0. The Balaban J connectivity index is 2.25. The highest BCUT2D eigenvalue weighted by atomic mass is 16.5. The average Bonchev–Trinajstić information content (AvgIpc) is 3.00. The van der Waals surface area contributed by atoms with Gasteiger partial charge in [-0.2, -0.15) is 9.78 Å². The Morgan fingerprint density at radius 3 is 2.68 bits per heavy atom. The molecule has 1 atom stereocenters. The number of hydrogen-bond acceptors (Lipinski definition) is 5. The monoisotopic (exact) mass is 343 g/mol. The lowest BCUT2D eigenvalue weighted by Crippen LogP contribution is -2.29. The van der Waals surface area contributed by atoms with Crippen molar-refractivity contribution in [1.29, 1.82) is 0 Å². The van der Waals surface area contributed by atoms with Crippen LogP contribution in [0, 0.1) is 0 Å². The molecule has 2 rings (SSSR count). The first-order chi connectivity index (χ1) is 11.8. The van der Waals surface area contributed by atoms with Gasteiger partial charge in [0.15, 0.2) is 0 Å². The van der Waals surface area contributed by atoms with Crippen molar-refractivity contribution in [3.63, 3.8) is 0 Å². The zero-order chi connectivity index (χ0) is 18.4. The van der Waals surface area contributed by atoms with E-state index in [9.17, 15) is 4.79 Å². The van der Waals surface area contributed by atoms with E-state index in [0.29, 0.717) is 24.8 Å². The smallest absolute Gasteiger partial charge is 0.254 e. The van der Waals surface area contributed by atoms with Gasteiger partial charge in [-0.05, 0) is 19.4 Å². The van der Waals surface area contributed by atoms with E-state index in [2.05, 4.69) is 47.7 Å². The zero-order valence-electron chi connectivity index (χ0n) is 15.2. The fourth-order valence-electron chi connectivity index (χ4n) is 2.02. The van der Waals surface area contributed by atoms with Crippen LogP contribution in [0.3, 0.4) is 0 Å². The predicted molar refractivity (Wildman–Crippen MR) is 96.7 cm³/mol. The van der Waals surface area contributed by atoms with Gasteiger partial charge in [0.1, 0.15) is 11.9 Å². The molecule has 7 heteroatoms. The van der Waals surface area contributed by atoms with Crippen LogP contribution in [0.25, 0.3) is 5.95 Å². The normalized spacial score (nSPS) is 12.6. The van der Waals surface area contributed by atoms with Crippen LogP contribution in [0.5, 0.6) is 0 Å². The molecule has 0 aliphatic rings. The SMILES string of the molecule is C=CCCOC(C)C(=O)Nc1cc(C(C)(C)C)nn1-c1ncccn1. The number of amides is 1. The molecule has 0 aliphatic heterocycles. The second kappa shape index (κ2) is 8.02. The third-order valence-corrected chi connectivity index (χ3v) is 3.53. The van der Waals surface area contributed by atoms with Gasteiger partial charge in [0.2, 0.25) is 0 Å². The minimum Gasteiger partial charge on any atom is -0.368 e. The van der Waals surface area contributed by atoms with Gasteiger partial charge in [0.25, 0.3) is 11.9 Å². The highest BCUT2D eigenvalue weighted by molar-refractivity contribution is 5.93. The van der Waals surface area contributed by atoms with Crippen LogP contribution in [0.15, 0.2) is 37.2 Å². The fourth-order valence-corrected chi connectivity index (χ4v) is 2.02. The molecule has 134 valence electrons. The lowest BCUT2D eigenvalue weighted by Gasteiger charge is -2.13. The van der Waals surface area contributed by atoms with Gasteiger partial charge in [-0.15, -0.1) is 6.58 Å². The summed E-state index contributed by atoms with van der Waals surface area (Å²) < 4.78 is 7.03. The van der Waals surface area contributed by atoms with Crippen LogP contribution in [-0.4, -0.2) is 38.4 Å². The van der Waals surface area contributed by atoms with Gasteiger partial charge in [-0.1, -0.05) is 26.8 Å². The van der Waals surface area contributed by atoms with Crippen LogP contribution in [0.1, 0.15) is 39.8 Å². The number of nitrogens with one attached hydrogen (secondary N) is 1. The lowest BCUT2D eigenvalue weighted by atomic mass is 9.92. The van der Waals surface area contributed by atoms with E-state index in [-0.39, 0.29) is 11.3 Å². The minimum atomic E-state index is -0.585. The second-order valence-corrected chi connectivity index (χ2v) is 6.71. The molecule has 7 nitrogen and oxygen atoms in total. The van der Waals surface area contributed by atoms with Crippen LogP contribution < -0.4 is 5.32 Å². The van der Waals surface area contributed by atoms with Gasteiger partial charge in [-0.25, -0.2) is 9.97 Å². The van der Waals surface area contributed by atoms with Crippen molar-refractivity contribution < 1.29 is 9.53 Å². The van der Waals surface area contributed by atoms with E-state index in [1.807, 2.05) is 6.07 Å². The number of ether oxygens (including phenoxy) is 1. The van der Waals surface area contributed by atoms with Crippen molar-refractivity contribution in [3.05, 3.63) is 42.9 Å². The molecule has 0 saturated carbocycles. The molecule has 0 aromatic carbocycles. The molecular weight excluding hydrogens is 318 g/mol. The van der Waals surface area contributed by atoms with Crippen molar-refractivity contribution in [3.8, 4) is 5.95 Å². The van der Waals surface area contributed by atoms with Crippen LogP contribution in [0.4, 0.5) is 5.82 Å². The first-order valence-electron chi connectivity index (χ1n) is 8.24. The maximum absolute atomic E-state index is 12.4. The largest absolute Gasteiger partial charge is 0.368 e. The van der Waals surface area contributed by atoms with E-state index in [1.54, 1.807) is 31.5 Å². The van der Waals surface area contributed by atoms with E-state index in [4.69, 9.17) is 4.74 Å². The topological polar surface area (TPSA) is 81.9 Å². The summed E-state index contributed by atoms with van der Waals surface area (Å²) in [5, 5.41) is 7.42. The summed E-state index contributed by atoms with van der Waals surface area (Å²) >= 11 is 0. The Morgan fingerprint density at radius 1 is 1.40 bits per heavy atom. The summed E-state index contributed by atoms with van der Waals surface area (Å²) in [4.78, 5) is 20.8. The fraction of sp³-hybridized carbons (Fsp3) is 0.444. The lowest BCUT2D eigenvalue weighted by molar-refractivity contribution is -0.126. The Labute approximate surface area is 148 Å². The van der Waals surface area contributed by atoms with Crippen molar-refractivity contribution in [2.75, 3.05) is 11.9 Å². The molecular formula is C18H25N5O2. The molecule has 1 N–H and O–H groups in total. The van der Waals surface area contributed by atoms with E-state index in [0.717, 1.165) is 5.69 Å². The molecule has 0 saturated heterocycles. The first kappa shape index (κ1) is 18.8. The molecule has 0 aliphatic carbocycles. The molecule has 2 aromatic rings. The molecule has 25 heavy (non-hydrogen) atoms. The van der Waals surface area contributed by atoms with Crippen LogP contribution >= 0.6 is 0 Å². The summed E-state index contributed by atoms with van der Waals surface area (Å²) in [5.41, 5.74) is 0.654. The number of aromatic nitrogens is 4. The molecule has 0 radical (unpaired) electrons. The minimum absolute atomic E-state index is 0.175. The molecule has 2 aromatic heterocycles. The van der Waals surface area contributed by atoms with Crippen molar-refractivity contribution >= 4 is 11.7 Å². The first-order valence-corrected chi connectivity index (χ1v) is 8.24. The van der Waals surface area contributed by atoms with E-state index < -0.39 is 6.10 Å². The summed E-state index contributed by atoms with van der Waals surface area (Å²) in [7, 11) is 0. The van der Waals surface area contributed by atoms with E-state index >= 15 is 0 Å². The number of rotatable bonds is 7. The van der Waals surface area contributed by atoms with Crippen molar-refractivity contribution in [2.45, 2.75) is 45.6 Å². The second-order valence-electron chi connectivity index (χ2n) is 6.71. The molecule has 0 fully saturated rings. The summed E-state index contributed by atoms with van der Waals surface area (Å²) in [5.74, 6) is 0.662. The quantitative estimate of drug-likeness (QED) is 0.617. The third-order valence-electron chi connectivity index (χ3n) is 3.53. The third kappa shape index (κ3) is 4.96.